The van der Waals surface area contributed by atoms with Gasteiger partial charge < -0.3 is 19.7 Å². The van der Waals surface area contributed by atoms with Gasteiger partial charge in [-0.3, -0.25) is 9.59 Å². The van der Waals surface area contributed by atoms with Gasteiger partial charge in [0.1, 0.15) is 4.90 Å². The number of H-pyrrole nitrogens is 1. The molecule has 4 heterocycles. The summed E-state index contributed by atoms with van der Waals surface area (Å²) < 4.78 is 34.0. The first kappa shape index (κ1) is 25.2. The maximum absolute atomic E-state index is 13.7. The predicted octanol–water partition coefficient (Wildman–Crippen LogP) is 3.56. The van der Waals surface area contributed by atoms with E-state index in [2.05, 4.69) is 15.5 Å². The number of aryl methyl sites for hydroxylation is 2. The minimum Gasteiger partial charge on any atom is -0.361 e. The molecule has 2 fully saturated rings. The van der Waals surface area contributed by atoms with E-state index in [0.717, 1.165) is 18.4 Å². The highest BCUT2D eigenvalue weighted by molar-refractivity contribution is 7.89. The number of sulfonamides is 1. The molecule has 37 heavy (non-hydrogen) atoms. The van der Waals surface area contributed by atoms with Crippen molar-refractivity contribution in [3.63, 3.8) is 0 Å². The second-order valence-electron chi connectivity index (χ2n) is 9.70. The van der Waals surface area contributed by atoms with Gasteiger partial charge in [-0.2, -0.15) is 4.31 Å². The van der Waals surface area contributed by atoms with E-state index in [-0.39, 0.29) is 41.3 Å². The van der Waals surface area contributed by atoms with Crippen LogP contribution in [0.25, 0.3) is 11.3 Å². The van der Waals surface area contributed by atoms with Gasteiger partial charge in [0.05, 0.1) is 11.8 Å². The Hall–Kier alpha value is -3.44. The molecule has 0 spiro atoms. The van der Waals surface area contributed by atoms with E-state index in [4.69, 9.17) is 4.52 Å². The van der Waals surface area contributed by atoms with Crippen molar-refractivity contribution in [2.45, 2.75) is 44.4 Å². The maximum atomic E-state index is 13.7. The minimum atomic E-state index is -3.91. The molecule has 2 aliphatic heterocycles. The average Bonchev–Trinajstić information content (AvgIpc) is 3.66. The fraction of sp³-hybridized carbons (Fsp3) is 0.423. The number of aromatic amines is 1. The number of aromatic nitrogens is 2. The van der Waals surface area contributed by atoms with E-state index in [0.29, 0.717) is 48.8 Å². The van der Waals surface area contributed by atoms with Gasteiger partial charge in [0.25, 0.3) is 5.91 Å². The Balaban J connectivity index is 1.27. The summed E-state index contributed by atoms with van der Waals surface area (Å²) in [6.07, 6.45) is 4.20. The van der Waals surface area contributed by atoms with Crippen molar-refractivity contribution in [1.29, 1.82) is 0 Å². The van der Waals surface area contributed by atoms with Crippen molar-refractivity contribution in [3.8, 4) is 11.3 Å². The summed E-state index contributed by atoms with van der Waals surface area (Å²) >= 11 is 0. The molecule has 1 aromatic carbocycles. The van der Waals surface area contributed by atoms with E-state index in [1.165, 1.54) is 4.31 Å². The predicted molar refractivity (Wildman–Crippen MR) is 137 cm³/mol. The minimum absolute atomic E-state index is 0.0639. The van der Waals surface area contributed by atoms with Crippen LogP contribution in [0.5, 0.6) is 0 Å². The number of piperidine rings is 1. The third-order valence-electron chi connectivity index (χ3n) is 7.20. The normalized spacial score (nSPS) is 17.3. The van der Waals surface area contributed by atoms with Gasteiger partial charge >= 0.3 is 0 Å². The number of carbonyl (C=O) groups excluding carboxylic acids is 2. The lowest BCUT2D eigenvalue weighted by molar-refractivity contribution is -0.120. The van der Waals surface area contributed by atoms with E-state index in [1.54, 1.807) is 37.1 Å². The molecular formula is C26H31N5O5S. The lowest BCUT2D eigenvalue weighted by Crippen LogP contribution is -2.42. The molecule has 2 amide bonds. The van der Waals surface area contributed by atoms with Crippen LogP contribution >= 0.6 is 0 Å². The number of likely N-dealkylation sites (tertiary alicyclic amines) is 1. The highest BCUT2D eigenvalue weighted by Gasteiger charge is 2.38. The Morgan fingerprint density at radius 3 is 2.46 bits per heavy atom. The van der Waals surface area contributed by atoms with Gasteiger partial charge in [-0.1, -0.05) is 17.3 Å². The van der Waals surface area contributed by atoms with Crippen molar-refractivity contribution in [2.75, 3.05) is 31.5 Å². The average molecular weight is 526 g/mol. The third kappa shape index (κ3) is 4.93. The molecular weight excluding hydrogens is 494 g/mol. The summed E-state index contributed by atoms with van der Waals surface area (Å²) in [7, 11) is -3.91. The SMILES string of the molecule is Cc1[nH]c(C)c(S(=O)(=O)N2CCC(C(=O)Nc3cccc(-c4ccno4)c3)CC2)c1C(=O)N1CCCC1. The third-order valence-corrected chi connectivity index (χ3v) is 9.27. The molecule has 0 unspecified atom stereocenters. The molecule has 11 heteroatoms. The summed E-state index contributed by atoms with van der Waals surface area (Å²) in [6.45, 7) is 5.13. The van der Waals surface area contributed by atoms with Crippen LogP contribution in [-0.2, 0) is 14.8 Å². The molecule has 0 saturated carbocycles. The largest absolute Gasteiger partial charge is 0.361 e. The molecule has 2 N–H and O–H groups in total. The zero-order chi connectivity index (χ0) is 26.2. The summed E-state index contributed by atoms with van der Waals surface area (Å²) in [4.78, 5) is 31.0. The first-order valence-electron chi connectivity index (χ1n) is 12.6. The van der Waals surface area contributed by atoms with Crippen LogP contribution in [0.4, 0.5) is 5.69 Å². The van der Waals surface area contributed by atoms with Crippen LogP contribution < -0.4 is 5.32 Å². The highest BCUT2D eigenvalue weighted by atomic mass is 32.2. The zero-order valence-electron chi connectivity index (χ0n) is 21.0. The number of nitrogens with one attached hydrogen (secondary N) is 2. The summed E-state index contributed by atoms with van der Waals surface area (Å²) in [6, 6.07) is 9.05. The highest BCUT2D eigenvalue weighted by Crippen LogP contribution is 2.32. The quantitative estimate of drug-likeness (QED) is 0.506. The van der Waals surface area contributed by atoms with E-state index < -0.39 is 10.0 Å². The van der Waals surface area contributed by atoms with Crippen molar-refractivity contribution < 1.29 is 22.5 Å². The van der Waals surface area contributed by atoms with Crippen molar-refractivity contribution >= 4 is 27.5 Å². The number of hydrogen-bond acceptors (Lipinski definition) is 6. The lowest BCUT2D eigenvalue weighted by Gasteiger charge is -2.31. The molecule has 2 aliphatic rings. The fourth-order valence-corrected chi connectivity index (χ4v) is 7.15. The van der Waals surface area contributed by atoms with Gasteiger partial charge in [0, 0.05) is 60.8 Å². The first-order chi connectivity index (χ1) is 17.8. The molecule has 196 valence electrons. The van der Waals surface area contributed by atoms with Crippen molar-refractivity contribution in [2.24, 2.45) is 5.92 Å². The number of nitrogens with zero attached hydrogens (tertiary/aromatic N) is 3. The summed E-state index contributed by atoms with van der Waals surface area (Å²) in [5, 5.41) is 6.66. The Kier molecular flexibility index (Phi) is 6.91. The fourth-order valence-electron chi connectivity index (χ4n) is 5.26. The van der Waals surface area contributed by atoms with Crippen LogP contribution in [0.15, 0.2) is 45.9 Å². The van der Waals surface area contributed by atoms with Gasteiger partial charge in [0.15, 0.2) is 5.76 Å². The molecule has 0 aliphatic carbocycles. The Morgan fingerprint density at radius 2 is 1.78 bits per heavy atom. The number of anilines is 1. The van der Waals surface area contributed by atoms with Crippen molar-refractivity contribution in [3.05, 3.63) is 53.5 Å². The Bertz CT molecular complexity index is 1400. The second-order valence-corrected chi connectivity index (χ2v) is 11.6. The van der Waals surface area contributed by atoms with Crippen LogP contribution in [-0.4, -0.2) is 65.8 Å². The van der Waals surface area contributed by atoms with Crippen LogP contribution in [0.1, 0.15) is 47.4 Å². The van der Waals surface area contributed by atoms with Crippen LogP contribution in [0.3, 0.4) is 0 Å². The maximum Gasteiger partial charge on any atom is 0.257 e. The molecule has 3 aromatic rings. The van der Waals surface area contributed by atoms with Crippen molar-refractivity contribution in [1.82, 2.24) is 19.3 Å². The summed E-state index contributed by atoms with van der Waals surface area (Å²) in [5.41, 5.74) is 2.71. The van der Waals surface area contributed by atoms with Crippen LogP contribution in [0.2, 0.25) is 0 Å². The molecule has 0 atom stereocenters. The second kappa shape index (κ2) is 10.1. The Labute approximate surface area is 216 Å². The monoisotopic (exact) mass is 525 g/mol. The molecule has 0 bridgehead atoms. The van der Waals surface area contributed by atoms with Gasteiger partial charge in [0.2, 0.25) is 15.9 Å². The van der Waals surface area contributed by atoms with Crippen LogP contribution in [0, 0.1) is 19.8 Å². The molecule has 0 radical (unpaired) electrons. The smallest absolute Gasteiger partial charge is 0.257 e. The number of hydrogen-bond donors (Lipinski definition) is 2. The molecule has 2 saturated heterocycles. The van der Waals surface area contributed by atoms with E-state index >= 15 is 0 Å². The molecule has 5 rings (SSSR count). The first-order valence-corrected chi connectivity index (χ1v) is 14.0. The van der Waals surface area contributed by atoms with E-state index in [9.17, 15) is 18.0 Å². The van der Waals surface area contributed by atoms with Gasteiger partial charge in [-0.25, -0.2) is 8.42 Å². The number of carbonyl (C=O) groups is 2. The Morgan fingerprint density at radius 1 is 1.05 bits per heavy atom. The van der Waals surface area contributed by atoms with Gasteiger partial charge in [-0.05, 0) is 51.7 Å². The lowest BCUT2D eigenvalue weighted by atomic mass is 9.97. The van der Waals surface area contributed by atoms with Gasteiger partial charge in [-0.15, -0.1) is 0 Å². The number of rotatable bonds is 6. The summed E-state index contributed by atoms with van der Waals surface area (Å²) in [5.74, 6) is -0.0993. The molecule has 2 aromatic heterocycles. The number of benzene rings is 1. The van der Waals surface area contributed by atoms with E-state index in [1.807, 2.05) is 18.2 Å². The standard InChI is InChI=1S/C26H31N5O5S/c1-17-23(26(33)30-12-3-4-13-30)24(18(2)28-17)37(34,35)31-14-9-19(10-15-31)25(32)29-21-7-5-6-20(16-21)22-8-11-27-36-22/h5-8,11,16,19,28H,3-4,9-10,12-15H2,1-2H3,(H,29,32). The topological polar surface area (TPSA) is 129 Å². The number of amides is 2. The molecule has 10 nitrogen and oxygen atoms in total. The zero-order valence-corrected chi connectivity index (χ0v) is 21.8.